The number of halogens is 6. The second-order valence-electron chi connectivity index (χ2n) is 12.6. The summed E-state index contributed by atoms with van der Waals surface area (Å²) in [5.41, 5.74) is 4.78. The van der Waals surface area contributed by atoms with Crippen molar-refractivity contribution in [1.82, 2.24) is 14.7 Å². The van der Waals surface area contributed by atoms with Crippen LogP contribution in [0.15, 0.2) is 71.7 Å². The Balaban J connectivity index is 0.00000200. The van der Waals surface area contributed by atoms with Crippen molar-refractivity contribution in [1.29, 1.82) is 0 Å². The fraction of sp³-hybridized carbons (Fsp3) is 0.472. The molecule has 3 aliphatic rings. The zero-order valence-corrected chi connectivity index (χ0v) is 29.3. The Morgan fingerprint density at radius 2 is 1.57 bits per heavy atom. The van der Waals surface area contributed by atoms with E-state index in [0.29, 0.717) is 24.6 Å². The molecule has 0 spiro atoms. The molecule has 47 heavy (non-hydrogen) atoms. The quantitative estimate of drug-likeness (QED) is 0.224. The number of aliphatic imine (C=N–C) groups is 1. The highest BCUT2D eigenvalue weighted by atomic mass is 35.5. The minimum atomic E-state index is -4.34. The van der Waals surface area contributed by atoms with Gasteiger partial charge in [-0.3, -0.25) is 14.8 Å². The van der Waals surface area contributed by atoms with Crippen LogP contribution in [0.2, 0.25) is 0 Å². The van der Waals surface area contributed by atoms with Gasteiger partial charge in [0.15, 0.2) is 0 Å². The fourth-order valence-electron chi connectivity index (χ4n) is 6.85. The Morgan fingerprint density at radius 1 is 0.830 bits per heavy atom. The number of amidine groups is 1. The van der Waals surface area contributed by atoms with E-state index in [2.05, 4.69) is 69.2 Å². The number of fused-ring (bicyclic) bond motifs is 1. The summed E-state index contributed by atoms with van der Waals surface area (Å²) in [6.07, 6.45) is 0.923. The number of likely N-dealkylation sites (tertiary alicyclic amines) is 1. The van der Waals surface area contributed by atoms with E-state index in [1.165, 1.54) is 41.7 Å². The third-order valence-corrected chi connectivity index (χ3v) is 9.39. The molecule has 11 heteroatoms. The minimum absolute atomic E-state index is 0. The van der Waals surface area contributed by atoms with Crippen molar-refractivity contribution >= 4 is 43.1 Å². The Bertz CT molecular complexity index is 1450. The number of hydrogen-bond acceptors (Lipinski definition) is 5. The first-order chi connectivity index (χ1) is 21.3. The molecule has 5 nitrogen and oxygen atoms in total. The number of alkyl halides is 3. The first-order valence-corrected chi connectivity index (χ1v) is 16.0. The standard InChI is InChI=1S/C36H43F3N4O.3ClH/c1-41-21-17-40-35(41)30-10-8-28(9-11-30)24-42-19-14-27(15-20-42)16-22-44-33-13-12-29-6-4-18-43(26-32(29)23-33)25-31-5-2-3-7-34(31)36(37,38)39;;;/h2-3,5,7-13,23,27H,4,6,14-22,24-26H2,1H3;3*1H. The van der Waals surface area contributed by atoms with Crippen LogP contribution in [0.4, 0.5) is 13.2 Å². The van der Waals surface area contributed by atoms with Crippen LogP contribution in [-0.4, -0.2) is 66.9 Å². The normalized spacial score (nSPS) is 17.4. The molecule has 1 fully saturated rings. The van der Waals surface area contributed by atoms with Gasteiger partial charge in [0, 0.05) is 38.8 Å². The summed E-state index contributed by atoms with van der Waals surface area (Å²) in [5, 5.41) is 0. The van der Waals surface area contributed by atoms with Crippen LogP contribution in [0.5, 0.6) is 5.75 Å². The van der Waals surface area contributed by atoms with Crippen LogP contribution in [-0.2, 0) is 32.2 Å². The predicted molar refractivity (Wildman–Crippen MR) is 191 cm³/mol. The number of aryl methyl sites for hydroxylation is 1. The van der Waals surface area contributed by atoms with Crippen LogP contribution in [0.1, 0.15) is 59.1 Å². The van der Waals surface area contributed by atoms with E-state index in [-0.39, 0.29) is 43.8 Å². The van der Waals surface area contributed by atoms with Crippen LogP contribution in [0.3, 0.4) is 0 Å². The van der Waals surface area contributed by atoms with Crippen LogP contribution in [0.25, 0.3) is 0 Å². The number of benzene rings is 3. The molecule has 6 rings (SSSR count). The Labute approximate surface area is 295 Å². The molecule has 0 aliphatic carbocycles. The number of likely N-dealkylation sites (N-methyl/N-ethyl adjacent to an activating group) is 1. The predicted octanol–water partition coefficient (Wildman–Crippen LogP) is 8.29. The fourth-order valence-corrected chi connectivity index (χ4v) is 6.85. The molecule has 3 aromatic carbocycles. The Hall–Kier alpha value is -2.49. The summed E-state index contributed by atoms with van der Waals surface area (Å²) >= 11 is 0. The van der Waals surface area contributed by atoms with Gasteiger partial charge in [0.25, 0.3) is 0 Å². The summed E-state index contributed by atoms with van der Waals surface area (Å²) in [4.78, 5) is 11.5. The van der Waals surface area contributed by atoms with Crippen molar-refractivity contribution < 1.29 is 17.9 Å². The van der Waals surface area contributed by atoms with Crippen LogP contribution in [0, 0.1) is 5.92 Å². The van der Waals surface area contributed by atoms with Crippen molar-refractivity contribution in [3.8, 4) is 5.75 Å². The average molecular weight is 714 g/mol. The number of hydrogen-bond donors (Lipinski definition) is 0. The molecule has 0 bridgehead atoms. The summed E-state index contributed by atoms with van der Waals surface area (Å²) in [5.74, 6) is 2.62. The molecule has 0 aromatic heterocycles. The number of piperidine rings is 1. The van der Waals surface area contributed by atoms with E-state index in [4.69, 9.17) is 4.74 Å². The molecule has 0 amide bonds. The molecule has 0 radical (unpaired) electrons. The van der Waals surface area contributed by atoms with Gasteiger partial charge in [-0.15, -0.1) is 37.2 Å². The lowest BCUT2D eigenvalue weighted by Crippen LogP contribution is -2.33. The number of rotatable bonds is 9. The first-order valence-electron chi connectivity index (χ1n) is 16.0. The van der Waals surface area contributed by atoms with Gasteiger partial charge in [0.05, 0.1) is 18.7 Å². The van der Waals surface area contributed by atoms with Gasteiger partial charge < -0.3 is 9.64 Å². The van der Waals surface area contributed by atoms with Gasteiger partial charge >= 0.3 is 6.18 Å². The molecule has 1 saturated heterocycles. The molecule has 0 N–H and O–H groups in total. The molecule has 0 saturated carbocycles. The van der Waals surface area contributed by atoms with Crippen molar-refractivity contribution in [2.75, 3.05) is 46.4 Å². The maximum atomic E-state index is 13.6. The van der Waals surface area contributed by atoms with Crippen molar-refractivity contribution in [3.05, 3.63) is 100 Å². The SMILES string of the molecule is CN1CCN=C1c1ccc(CN2CCC(CCOc3ccc4c(c3)CN(Cc3ccccc3C(F)(F)F)CCC4)CC2)cc1.Cl.Cl.Cl. The molecule has 3 heterocycles. The van der Waals surface area contributed by atoms with E-state index >= 15 is 0 Å². The molecule has 0 unspecified atom stereocenters. The lowest BCUT2D eigenvalue weighted by Gasteiger charge is -2.32. The van der Waals surface area contributed by atoms with E-state index in [1.807, 2.05) is 0 Å². The Morgan fingerprint density at radius 3 is 2.28 bits per heavy atom. The summed E-state index contributed by atoms with van der Waals surface area (Å²) in [6.45, 7) is 7.45. The highest BCUT2D eigenvalue weighted by Crippen LogP contribution is 2.33. The zero-order valence-electron chi connectivity index (χ0n) is 26.9. The van der Waals surface area contributed by atoms with Crippen molar-refractivity contribution in [3.63, 3.8) is 0 Å². The maximum Gasteiger partial charge on any atom is 0.416 e. The number of nitrogens with zero attached hydrogens (tertiary/aromatic N) is 4. The monoisotopic (exact) mass is 712 g/mol. The molecule has 3 aromatic rings. The van der Waals surface area contributed by atoms with Gasteiger partial charge in [-0.2, -0.15) is 13.2 Å². The van der Waals surface area contributed by atoms with Gasteiger partial charge in [0.1, 0.15) is 11.6 Å². The lowest BCUT2D eigenvalue weighted by atomic mass is 9.93. The topological polar surface area (TPSA) is 31.3 Å². The molecule has 3 aliphatic heterocycles. The summed E-state index contributed by atoms with van der Waals surface area (Å²) in [6, 6.07) is 21.1. The smallest absolute Gasteiger partial charge is 0.416 e. The average Bonchev–Trinajstić information content (AvgIpc) is 3.34. The first kappa shape index (κ1) is 39.0. The molecule has 258 valence electrons. The van der Waals surface area contributed by atoms with E-state index in [9.17, 15) is 13.2 Å². The van der Waals surface area contributed by atoms with Gasteiger partial charge in [-0.25, -0.2) is 0 Å². The number of ether oxygens (including phenoxy) is 1. The second-order valence-corrected chi connectivity index (χ2v) is 12.6. The molecule has 0 atom stereocenters. The van der Waals surface area contributed by atoms with Crippen LogP contribution >= 0.6 is 37.2 Å². The van der Waals surface area contributed by atoms with Gasteiger partial charge in [-0.1, -0.05) is 48.5 Å². The van der Waals surface area contributed by atoms with Gasteiger partial charge in [-0.05, 0) is 98.1 Å². The van der Waals surface area contributed by atoms with Gasteiger partial charge in [0.2, 0.25) is 0 Å². The molecular formula is C36H46Cl3F3N4O. The maximum absolute atomic E-state index is 13.6. The summed E-state index contributed by atoms with van der Waals surface area (Å²) < 4.78 is 46.9. The minimum Gasteiger partial charge on any atom is -0.494 e. The third-order valence-electron chi connectivity index (χ3n) is 9.39. The van der Waals surface area contributed by atoms with Crippen molar-refractivity contribution in [2.45, 2.75) is 57.9 Å². The lowest BCUT2D eigenvalue weighted by molar-refractivity contribution is -0.138. The molecular weight excluding hydrogens is 668 g/mol. The second kappa shape index (κ2) is 17.8. The van der Waals surface area contributed by atoms with E-state index in [1.54, 1.807) is 12.1 Å². The largest absolute Gasteiger partial charge is 0.494 e. The van der Waals surface area contributed by atoms with Crippen molar-refractivity contribution in [2.24, 2.45) is 10.9 Å². The summed E-state index contributed by atoms with van der Waals surface area (Å²) in [7, 11) is 2.10. The van der Waals surface area contributed by atoms with Crippen LogP contribution < -0.4 is 4.74 Å². The third kappa shape index (κ3) is 10.3. The zero-order chi connectivity index (χ0) is 30.5. The Kier molecular flexibility index (Phi) is 14.7. The van der Waals surface area contributed by atoms with E-state index in [0.717, 1.165) is 75.7 Å². The highest BCUT2D eigenvalue weighted by molar-refractivity contribution is 5.99. The highest BCUT2D eigenvalue weighted by Gasteiger charge is 2.33. The van der Waals surface area contributed by atoms with E-state index < -0.39 is 11.7 Å².